The van der Waals surface area contributed by atoms with Crippen molar-refractivity contribution in [2.75, 3.05) is 34.5 Å². The van der Waals surface area contributed by atoms with Crippen molar-refractivity contribution in [2.45, 2.75) is 58.9 Å². The van der Waals surface area contributed by atoms with Gasteiger partial charge in [-0.15, -0.1) is 0 Å². The Hall–Kier alpha value is -4.20. The summed E-state index contributed by atoms with van der Waals surface area (Å²) in [6.45, 7) is 6.43. The van der Waals surface area contributed by atoms with E-state index in [4.69, 9.17) is 23.9 Å². The SMILES string of the molecule is COc1cc(C(=O)NCCCCCc2nc3ccccc3n2CCCCOc2cccc(C)c2C)cc(OC)c1OC. The molecule has 1 aromatic heterocycles. The van der Waals surface area contributed by atoms with Crippen LogP contribution in [0.25, 0.3) is 11.0 Å². The van der Waals surface area contributed by atoms with Crippen LogP contribution >= 0.6 is 0 Å². The van der Waals surface area contributed by atoms with Crippen LogP contribution in [0.2, 0.25) is 0 Å². The number of aromatic nitrogens is 2. The van der Waals surface area contributed by atoms with Gasteiger partial charge in [0, 0.05) is 25.1 Å². The van der Waals surface area contributed by atoms with E-state index in [-0.39, 0.29) is 5.91 Å². The van der Waals surface area contributed by atoms with Crippen molar-refractivity contribution >= 4 is 16.9 Å². The Labute approximate surface area is 249 Å². The van der Waals surface area contributed by atoms with Gasteiger partial charge in [-0.2, -0.15) is 0 Å². The summed E-state index contributed by atoms with van der Waals surface area (Å²) in [6.07, 6.45) is 5.76. The van der Waals surface area contributed by atoms with Crippen LogP contribution in [-0.4, -0.2) is 49.9 Å². The Morgan fingerprint density at radius 2 is 1.60 bits per heavy atom. The summed E-state index contributed by atoms with van der Waals surface area (Å²) < 4.78 is 24.5. The summed E-state index contributed by atoms with van der Waals surface area (Å²) in [4.78, 5) is 17.7. The second-order valence-corrected chi connectivity index (χ2v) is 10.4. The number of hydrogen-bond acceptors (Lipinski definition) is 6. The van der Waals surface area contributed by atoms with Gasteiger partial charge < -0.3 is 28.8 Å². The van der Waals surface area contributed by atoms with Crippen LogP contribution in [0.4, 0.5) is 0 Å². The van der Waals surface area contributed by atoms with Gasteiger partial charge >= 0.3 is 0 Å². The molecule has 0 aliphatic heterocycles. The van der Waals surface area contributed by atoms with E-state index in [1.165, 1.54) is 30.9 Å². The molecule has 0 saturated heterocycles. The fourth-order valence-corrected chi connectivity index (χ4v) is 5.10. The lowest BCUT2D eigenvalue weighted by Crippen LogP contribution is -2.24. The smallest absolute Gasteiger partial charge is 0.251 e. The van der Waals surface area contributed by atoms with Crippen LogP contribution in [0.1, 0.15) is 59.4 Å². The first-order valence-electron chi connectivity index (χ1n) is 14.7. The van der Waals surface area contributed by atoms with Crippen LogP contribution in [0.5, 0.6) is 23.0 Å². The Bertz CT molecular complexity index is 1450. The highest BCUT2D eigenvalue weighted by Crippen LogP contribution is 2.38. The number of para-hydroxylation sites is 2. The number of unbranched alkanes of at least 4 members (excludes halogenated alkanes) is 3. The minimum atomic E-state index is -0.169. The molecule has 8 nitrogen and oxygen atoms in total. The maximum absolute atomic E-state index is 12.8. The van der Waals surface area contributed by atoms with E-state index in [0.717, 1.165) is 62.2 Å². The topological polar surface area (TPSA) is 83.8 Å². The molecule has 1 N–H and O–H groups in total. The normalized spacial score (nSPS) is 11.0. The first kappa shape index (κ1) is 30.8. The molecule has 4 rings (SSSR count). The van der Waals surface area contributed by atoms with Gasteiger partial charge in [-0.05, 0) is 81.0 Å². The van der Waals surface area contributed by atoms with Crippen molar-refractivity contribution in [3.8, 4) is 23.0 Å². The monoisotopic (exact) mass is 573 g/mol. The Morgan fingerprint density at radius 1 is 0.833 bits per heavy atom. The highest BCUT2D eigenvalue weighted by Gasteiger charge is 2.17. The number of imidazole rings is 1. The van der Waals surface area contributed by atoms with Crippen LogP contribution in [-0.2, 0) is 13.0 Å². The molecule has 224 valence electrons. The van der Waals surface area contributed by atoms with Gasteiger partial charge in [0.05, 0.1) is 39.0 Å². The van der Waals surface area contributed by atoms with Crippen molar-refractivity contribution in [2.24, 2.45) is 0 Å². The highest BCUT2D eigenvalue weighted by atomic mass is 16.5. The standard InChI is InChI=1S/C34H43N3O5/c1-24-14-13-17-29(25(24)2)42-21-12-11-20-37-28-16-9-8-15-27(28)36-32(37)18-7-6-10-19-35-34(38)26-22-30(39-3)33(41-5)31(23-26)40-4/h8-9,13-17,22-23H,6-7,10-12,18-21H2,1-5H3,(H,35,38). The number of hydrogen-bond donors (Lipinski definition) is 1. The van der Waals surface area contributed by atoms with Gasteiger partial charge in [-0.3, -0.25) is 4.79 Å². The molecular weight excluding hydrogens is 530 g/mol. The number of amides is 1. The van der Waals surface area contributed by atoms with Crippen LogP contribution in [0.3, 0.4) is 0 Å². The van der Waals surface area contributed by atoms with E-state index in [1.54, 1.807) is 19.2 Å². The van der Waals surface area contributed by atoms with Gasteiger partial charge in [-0.25, -0.2) is 4.98 Å². The average Bonchev–Trinajstić information content (AvgIpc) is 3.36. The molecule has 1 amide bonds. The maximum Gasteiger partial charge on any atom is 0.251 e. The van der Waals surface area contributed by atoms with Crippen molar-refractivity contribution in [3.05, 3.63) is 77.1 Å². The van der Waals surface area contributed by atoms with Gasteiger partial charge in [0.1, 0.15) is 11.6 Å². The molecule has 42 heavy (non-hydrogen) atoms. The number of rotatable bonds is 16. The predicted molar refractivity (Wildman–Crippen MR) is 166 cm³/mol. The minimum Gasteiger partial charge on any atom is -0.493 e. The molecule has 0 aliphatic rings. The number of nitrogens with one attached hydrogen (secondary N) is 1. The molecule has 0 aliphatic carbocycles. The van der Waals surface area contributed by atoms with Crippen molar-refractivity contribution in [1.29, 1.82) is 0 Å². The average molecular weight is 574 g/mol. The molecule has 0 bridgehead atoms. The summed E-state index contributed by atoms with van der Waals surface area (Å²) in [5, 5.41) is 3.01. The first-order chi connectivity index (χ1) is 20.5. The summed E-state index contributed by atoms with van der Waals surface area (Å²) >= 11 is 0. The lowest BCUT2D eigenvalue weighted by atomic mass is 10.1. The quantitative estimate of drug-likeness (QED) is 0.151. The number of carbonyl (C=O) groups excluding carboxylic acids is 1. The number of fused-ring (bicyclic) bond motifs is 1. The molecule has 1 heterocycles. The lowest BCUT2D eigenvalue weighted by Gasteiger charge is -2.14. The van der Waals surface area contributed by atoms with Crippen LogP contribution in [0.15, 0.2) is 54.6 Å². The largest absolute Gasteiger partial charge is 0.493 e. The van der Waals surface area contributed by atoms with Gasteiger partial charge in [0.2, 0.25) is 5.75 Å². The first-order valence-corrected chi connectivity index (χ1v) is 14.7. The highest BCUT2D eigenvalue weighted by molar-refractivity contribution is 5.95. The molecular formula is C34H43N3O5. The molecule has 8 heteroatoms. The summed E-state index contributed by atoms with van der Waals surface area (Å²) in [5.41, 5.74) is 5.15. The van der Waals surface area contributed by atoms with Gasteiger partial charge in [-0.1, -0.05) is 30.7 Å². The third kappa shape index (κ3) is 7.55. The van der Waals surface area contributed by atoms with E-state index in [0.29, 0.717) is 36.0 Å². The minimum absolute atomic E-state index is 0.169. The van der Waals surface area contributed by atoms with Gasteiger partial charge in [0.25, 0.3) is 5.91 Å². The Morgan fingerprint density at radius 3 is 2.33 bits per heavy atom. The fourth-order valence-electron chi connectivity index (χ4n) is 5.10. The van der Waals surface area contributed by atoms with Crippen molar-refractivity contribution in [3.63, 3.8) is 0 Å². The molecule has 0 spiro atoms. The molecule has 0 atom stereocenters. The number of methoxy groups -OCH3 is 3. The summed E-state index contributed by atoms with van der Waals surface area (Å²) in [5.74, 6) is 3.31. The number of carbonyl (C=O) groups is 1. The molecule has 0 saturated carbocycles. The van der Waals surface area contributed by atoms with Gasteiger partial charge in [0.15, 0.2) is 11.5 Å². The Balaban J connectivity index is 1.24. The molecule has 0 radical (unpaired) electrons. The van der Waals surface area contributed by atoms with Crippen molar-refractivity contribution in [1.82, 2.24) is 14.9 Å². The third-order valence-corrected chi connectivity index (χ3v) is 7.61. The second-order valence-electron chi connectivity index (χ2n) is 10.4. The molecule has 3 aromatic carbocycles. The fraction of sp³-hybridized carbons (Fsp3) is 0.412. The van der Waals surface area contributed by atoms with Crippen LogP contribution < -0.4 is 24.3 Å². The van der Waals surface area contributed by atoms with E-state index in [2.05, 4.69) is 48.0 Å². The summed E-state index contributed by atoms with van der Waals surface area (Å²) in [6, 6.07) is 17.9. The number of ether oxygens (including phenoxy) is 4. The molecule has 0 fully saturated rings. The van der Waals surface area contributed by atoms with Crippen LogP contribution in [0, 0.1) is 13.8 Å². The maximum atomic E-state index is 12.8. The zero-order valence-electron chi connectivity index (χ0n) is 25.5. The van der Waals surface area contributed by atoms with E-state index >= 15 is 0 Å². The lowest BCUT2D eigenvalue weighted by molar-refractivity contribution is 0.0952. The molecule has 4 aromatic rings. The second kappa shape index (κ2) is 15.1. The van der Waals surface area contributed by atoms with E-state index in [1.807, 2.05) is 18.2 Å². The van der Waals surface area contributed by atoms with E-state index < -0.39 is 0 Å². The summed E-state index contributed by atoms with van der Waals surface area (Å²) in [7, 11) is 4.61. The number of benzene rings is 3. The zero-order valence-corrected chi connectivity index (χ0v) is 25.5. The molecule has 0 unspecified atom stereocenters. The predicted octanol–water partition coefficient (Wildman–Crippen LogP) is 6.68. The third-order valence-electron chi connectivity index (χ3n) is 7.61. The zero-order chi connectivity index (χ0) is 29.9. The Kier molecular flexibility index (Phi) is 11.1. The number of aryl methyl sites for hydroxylation is 3. The van der Waals surface area contributed by atoms with E-state index in [9.17, 15) is 4.79 Å². The van der Waals surface area contributed by atoms with Crippen molar-refractivity contribution < 1.29 is 23.7 Å². The number of nitrogens with zero attached hydrogens (tertiary/aromatic N) is 2.